The summed E-state index contributed by atoms with van der Waals surface area (Å²) in [6, 6.07) is 2.17. The molecule has 0 aromatic carbocycles. The molecule has 1 aromatic rings. The maximum absolute atomic E-state index is 11.3. The van der Waals surface area contributed by atoms with Crippen LogP contribution in [0.25, 0.3) is 0 Å². The molecule has 0 bridgehead atoms. The van der Waals surface area contributed by atoms with Crippen LogP contribution in [-0.2, 0) is 0 Å². The van der Waals surface area contributed by atoms with E-state index in [1.807, 2.05) is 14.0 Å². The van der Waals surface area contributed by atoms with Gasteiger partial charge < -0.3 is 15.2 Å². The van der Waals surface area contributed by atoms with Gasteiger partial charge in [-0.05, 0) is 26.8 Å². The molecule has 0 atom stereocenters. The van der Waals surface area contributed by atoms with E-state index in [2.05, 4.69) is 20.2 Å². The van der Waals surface area contributed by atoms with Crippen LogP contribution in [0.2, 0.25) is 0 Å². The Hall–Kier alpha value is -1.36. The number of anilines is 1. The van der Waals surface area contributed by atoms with Gasteiger partial charge in [0.05, 0.1) is 0 Å². The van der Waals surface area contributed by atoms with Crippen molar-refractivity contribution in [1.29, 1.82) is 0 Å². The van der Waals surface area contributed by atoms with Gasteiger partial charge in [0.2, 0.25) is 0 Å². The number of piperidine rings is 1. The maximum Gasteiger partial charge on any atom is 0.252 e. The van der Waals surface area contributed by atoms with E-state index in [-0.39, 0.29) is 5.56 Å². The first-order valence-corrected chi connectivity index (χ1v) is 5.69. The highest BCUT2D eigenvalue weighted by Gasteiger charge is 2.19. The van der Waals surface area contributed by atoms with Gasteiger partial charge in [-0.1, -0.05) is 0 Å². The number of rotatable bonds is 2. The Labute approximate surface area is 94.9 Å². The average molecular weight is 222 g/mol. The summed E-state index contributed by atoms with van der Waals surface area (Å²) >= 11 is 0. The third kappa shape index (κ3) is 2.41. The minimum absolute atomic E-state index is 0.0711. The lowest BCUT2D eigenvalue weighted by Crippen LogP contribution is -2.41. The highest BCUT2D eigenvalue weighted by atomic mass is 16.1. The minimum Gasteiger partial charge on any atom is -0.356 e. The molecule has 1 saturated heterocycles. The molecule has 1 aromatic heterocycles. The van der Waals surface area contributed by atoms with E-state index in [1.165, 1.54) is 0 Å². The van der Waals surface area contributed by atoms with E-state index in [0.29, 0.717) is 11.9 Å². The molecule has 1 aliphatic rings. The molecule has 0 unspecified atom stereocenters. The number of aromatic nitrogens is 2. The van der Waals surface area contributed by atoms with Gasteiger partial charge in [-0.25, -0.2) is 4.98 Å². The number of H-pyrrole nitrogens is 1. The number of nitrogens with zero attached hydrogens (tertiary/aromatic N) is 2. The highest BCUT2D eigenvalue weighted by Crippen LogP contribution is 2.16. The van der Waals surface area contributed by atoms with Gasteiger partial charge in [0.1, 0.15) is 11.6 Å². The largest absolute Gasteiger partial charge is 0.356 e. The monoisotopic (exact) mass is 222 g/mol. The zero-order valence-electron chi connectivity index (χ0n) is 9.79. The Morgan fingerprint density at radius 1 is 1.50 bits per heavy atom. The minimum atomic E-state index is -0.0711. The van der Waals surface area contributed by atoms with Crippen LogP contribution in [0.3, 0.4) is 0 Å². The third-order valence-corrected chi connectivity index (χ3v) is 3.07. The molecule has 1 aliphatic heterocycles. The lowest BCUT2D eigenvalue weighted by Gasteiger charge is -2.32. The van der Waals surface area contributed by atoms with Gasteiger partial charge >= 0.3 is 0 Å². The summed E-state index contributed by atoms with van der Waals surface area (Å²) in [5.74, 6) is 1.48. The lowest BCUT2D eigenvalue weighted by molar-refractivity contribution is 0.440. The normalized spacial score (nSPS) is 17.8. The van der Waals surface area contributed by atoms with Crippen molar-refractivity contribution in [2.24, 2.45) is 0 Å². The predicted octanol–water partition coefficient (Wildman–Crippen LogP) is 0.267. The van der Waals surface area contributed by atoms with Gasteiger partial charge in [-0.2, -0.15) is 0 Å². The number of aryl methyl sites for hydroxylation is 1. The smallest absolute Gasteiger partial charge is 0.252 e. The van der Waals surface area contributed by atoms with E-state index >= 15 is 0 Å². The average Bonchev–Trinajstić information content (AvgIpc) is 2.28. The molecule has 1 fully saturated rings. The molecule has 2 N–H and O–H groups in total. The lowest BCUT2D eigenvalue weighted by atomic mass is 10.1. The molecule has 0 spiro atoms. The Morgan fingerprint density at radius 3 is 2.75 bits per heavy atom. The van der Waals surface area contributed by atoms with Crippen molar-refractivity contribution in [3.63, 3.8) is 0 Å². The number of hydrogen-bond acceptors (Lipinski definition) is 4. The van der Waals surface area contributed by atoms with Crippen LogP contribution in [-0.4, -0.2) is 36.1 Å². The van der Waals surface area contributed by atoms with Crippen LogP contribution >= 0.6 is 0 Å². The van der Waals surface area contributed by atoms with Crippen LogP contribution in [0.5, 0.6) is 0 Å². The molecule has 0 radical (unpaired) electrons. The zero-order valence-corrected chi connectivity index (χ0v) is 9.79. The summed E-state index contributed by atoms with van der Waals surface area (Å²) in [6.45, 7) is 3.73. The van der Waals surface area contributed by atoms with Crippen molar-refractivity contribution in [2.45, 2.75) is 25.8 Å². The molecule has 5 heteroatoms. The van der Waals surface area contributed by atoms with Crippen molar-refractivity contribution in [1.82, 2.24) is 15.3 Å². The second-order valence-electron chi connectivity index (χ2n) is 4.24. The molecule has 16 heavy (non-hydrogen) atoms. The number of aromatic amines is 1. The van der Waals surface area contributed by atoms with Crippen molar-refractivity contribution in [3.8, 4) is 0 Å². The highest BCUT2D eigenvalue weighted by molar-refractivity contribution is 5.37. The standard InChI is InChI=1S/C11H18N4O/c1-8-13-10(7-11(16)14-8)15-5-3-9(12-2)4-6-15/h7,9,12H,3-6H2,1-2H3,(H,13,14,16). The Balaban J connectivity index is 2.11. The molecular weight excluding hydrogens is 204 g/mol. The maximum atomic E-state index is 11.3. The van der Waals surface area contributed by atoms with Crippen molar-refractivity contribution in [2.75, 3.05) is 25.0 Å². The Kier molecular flexibility index (Phi) is 3.24. The topological polar surface area (TPSA) is 61.0 Å². The molecule has 2 rings (SSSR count). The molecule has 5 nitrogen and oxygen atoms in total. The van der Waals surface area contributed by atoms with Crippen LogP contribution in [0.15, 0.2) is 10.9 Å². The summed E-state index contributed by atoms with van der Waals surface area (Å²) in [7, 11) is 2.00. The van der Waals surface area contributed by atoms with Crippen LogP contribution < -0.4 is 15.8 Å². The Morgan fingerprint density at radius 2 is 2.19 bits per heavy atom. The second-order valence-corrected chi connectivity index (χ2v) is 4.24. The van der Waals surface area contributed by atoms with E-state index in [9.17, 15) is 4.79 Å². The van der Waals surface area contributed by atoms with Crippen LogP contribution in [0.1, 0.15) is 18.7 Å². The van der Waals surface area contributed by atoms with E-state index < -0.39 is 0 Å². The predicted molar refractivity (Wildman–Crippen MR) is 63.9 cm³/mol. The fourth-order valence-electron chi connectivity index (χ4n) is 2.12. The quantitative estimate of drug-likeness (QED) is 0.754. The van der Waals surface area contributed by atoms with E-state index in [1.54, 1.807) is 6.07 Å². The van der Waals surface area contributed by atoms with E-state index in [4.69, 9.17) is 0 Å². The van der Waals surface area contributed by atoms with Crippen molar-refractivity contribution < 1.29 is 0 Å². The van der Waals surface area contributed by atoms with Crippen molar-refractivity contribution in [3.05, 3.63) is 22.2 Å². The SMILES string of the molecule is CNC1CCN(c2cc(=O)[nH]c(C)n2)CC1. The number of hydrogen-bond donors (Lipinski definition) is 2. The van der Waals surface area contributed by atoms with Gasteiger partial charge in [0.15, 0.2) is 0 Å². The van der Waals surface area contributed by atoms with Gasteiger partial charge in [-0.3, -0.25) is 4.79 Å². The summed E-state index contributed by atoms with van der Waals surface area (Å²) in [5.41, 5.74) is -0.0711. The Bertz CT molecular complexity index is 407. The van der Waals surface area contributed by atoms with Gasteiger partial charge in [0.25, 0.3) is 5.56 Å². The van der Waals surface area contributed by atoms with Crippen LogP contribution in [0.4, 0.5) is 5.82 Å². The van der Waals surface area contributed by atoms with Crippen LogP contribution in [0, 0.1) is 6.92 Å². The summed E-state index contributed by atoms with van der Waals surface area (Å²) < 4.78 is 0. The fraction of sp³-hybridized carbons (Fsp3) is 0.636. The van der Waals surface area contributed by atoms with E-state index in [0.717, 1.165) is 31.7 Å². The van der Waals surface area contributed by atoms with Gasteiger partial charge in [-0.15, -0.1) is 0 Å². The molecular formula is C11H18N4O. The first kappa shape index (κ1) is 11.1. The third-order valence-electron chi connectivity index (χ3n) is 3.07. The first-order valence-electron chi connectivity index (χ1n) is 5.69. The molecule has 88 valence electrons. The first-order chi connectivity index (χ1) is 7.69. The molecule has 2 heterocycles. The molecule has 0 amide bonds. The summed E-state index contributed by atoms with van der Waals surface area (Å²) in [4.78, 5) is 20.5. The molecule has 0 saturated carbocycles. The zero-order chi connectivity index (χ0) is 11.5. The summed E-state index contributed by atoms with van der Waals surface area (Å²) in [6.07, 6.45) is 2.20. The second kappa shape index (κ2) is 4.65. The van der Waals surface area contributed by atoms with Gasteiger partial charge in [0, 0.05) is 25.2 Å². The summed E-state index contributed by atoms with van der Waals surface area (Å²) in [5, 5.41) is 3.28. The molecule has 0 aliphatic carbocycles. The van der Waals surface area contributed by atoms with Crippen molar-refractivity contribution >= 4 is 5.82 Å². The fourth-order valence-corrected chi connectivity index (χ4v) is 2.12. The number of nitrogens with one attached hydrogen (secondary N) is 2.